The molecule has 0 amide bonds. The molecule has 0 spiro atoms. The molecule has 2 rings (SSSR count). The van der Waals surface area contributed by atoms with Gasteiger partial charge in [-0.3, -0.25) is 4.79 Å². The van der Waals surface area contributed by atoms with Crippen LogP contribution in [0.25, 0.3) is 0 Å². The lowest BCUT2D eigenvalue weighted by molar-refractivity contribution is -0.148. The summed E-state index contributed by atoms with van der Waals surface area (Å²) in [6, 6.07) is 5.06. The molecule has 3 nitrogen and oxygen atoms in total. The predicted octanol–water partition coefficient (Wildman–Crippen LogP) is 2.83. The zero-order valence-corrected chi connectivity index (χ0v) is 12.2. The first kappa shape index (κ1) is 16.2. The van der Waals surface area contributed by atoms with Crippen molar-refractivity contribution in [2.24, 2.45) is 5.92 Å². The van der Waals surface area contributed by atoms with Crippen LogP contribution in [0.2, 0.25) is 0 Å². The van der Waals surface area contributed by atoms with Crippen molar-refractivity contribution in [2.45, 2.75) is 24.4 Å². The average molecular weight is 319 g/mol. The number of rotatable bonds is 3. The number of carbonyl (C=O) groups is 1. The lowest BCUT2D eigenvalue weighted by Gasteiger charge is -2.20. The molecule has 7 heteroatoms. The smallest absolute Gasteiger partial charge is 0.416 e. The fourth-order valence-corrected chi connectivity index (χ4v) is 2.96. The molecule has 116 valence electrons. The van der Waals surface area contributed by atoms with E-state index < -0.39 is 29.0 Å². The van der Waals surface area contributed by atoms with Crippen molar-refractivity contribution in [1.29, 1.82) is 0 Å². The number of nitrogens with one attached hydrogen (secondary N) is 1. The second kappa shape index (κ2) is 6.27. The number of hydrogen-bond acceptors (Lipinski definition) is 4. The van der Waals surface area contributed by atoms with E-state index in [0.29, 0.717) is 12.1 Å². The maximum atomic E-state index is 12.8. The maximum Gasteiger partial charge on any atom is 0.416 e. The van der Waals surface area contributed by atoms with E-state index in [1.165, 1.54) is 6.07 Å². The van der Waals surface area contributed by atoms with Gasteiger partial charge in [0.25, 0.3) is 0 Å². The highest BCUT2D eigenvalue weighted by molar-refractivity contribution is 7.81. The van der Waals surface area contributed by atoms with Crippen molar-refractivity contribution in [3.05, 3.63) is 35.4 Å². The molecule has 1 aromatic rings. The Morgan fingerprint density at radius 2 is 2.19 bits per heavy atom. The molecule has 0 aromatic heterocycles. The molecule has 1 fully saturated rings. The summed E-state index contributed by atoms with van der Waals surface area (Å²) >= 11 is 4.28. The Bertz CT molecular complexity index is 521. The second-order valence-corrected chi connectivity index (χ2v) is 5.42. The topological polar surface area (TPSA) is 38.3 Å². The van der Waals surface area contributed by atoms with Crippen LogP contribution in [0.4, 0.5) is 13.2 Å². The molecule has 21 heavy (non-hydrogen) atoms. The van der Waals surface area contributed by atoms with Crippen LogP contribution in [0.5, 0.6) is 0 Å². The van der Waals surface area contributed by atoms with Gasteiger partial charge in [-0.2, -0.15) is 25.8 Å². The van der Waals surface area contributed by atoms with Crippen LogP contribution in [0.1, 0.15) is 24.0 Å². The highest BCUT2D eigenvalue weighted by Crippen LogP contribution is 2.37. The molecule has 3 unspecified atom stereocenters. The standard InChI is InChI=1S/C14H16F3NO2S/c1-2-20-13(19)11-10(7-18-12(11)21)8-4-3-5-9(6-8)14(15,16)17/h3-6,10-12,18,21H,2,7H2,1H3. The molecular formula is C14H16F3NO2S. The van der Waals surface area contributed by atoms with Crippen molar-refractivity contribution < 1.29 is 22.7 Å². The van der Waals surface area contributed by atoms with Gasteiger partial charge in [0.2, 0.25) is 0 Å². The normalized spacial score (nSPS) is 25.9. The zero-order chi connectivity index (χ0) is 15.6. The largest absolute Gasteiger partial charge is 0.466 e. The highest BCUT2D eigenvalue weighted by Gasteiger charge is 2.41. The summed E-state index contributed by atoms with van der Waals surface area (Å²) in [5.74, 6) is -1.42. The monoisotopic (exact) mass is 319 g/mol. The summed E-state index contributed by atoms with van der Waals surface area (Å²) in [7, 11) is 0. The number of benzene rings is 1. The molecule has 1 saturated heterocycles. The summed E-state index contributed by atoms with van der Waals surface area (Å²) in [6.07, 6.45) is -4.40. The van der Waals surface area contributed by atoms with E-state index in [2.05, 4.69) is 17.9 Å². The highest BCUT2D eigenvalue weighted by atomic mass is 32.1. The molecule has 1 N–H and O–H groups in total. The number of alkyl halides is 3. The Morgan fingerprint density at radius 1 is 1.48 bits per heavy atom. The average Bonchev–Trinajstić information content (AvgIpc) is 2.80. The molecule has 0 radical (unpaired) electrons. The first-order valence-electron chi connectivity index (χ1n) is 6.60. The van der Waals surface area contributed by atoms with Gasteiger partial charge >= 0.3 is 12.1 Å². The van der Waals surface area contributed by atoms with Gasteiger partial charge in [-0.25, -0.2) is 0 Å². The second-order valence-electron chi connectivity index (χ2n) is 4.86. The molecule has 0 saturated carbocycles. The third kappa shape index (κ3) is 3.52. The molecular weight excluding hydrogens is 303 g/mol. The van der Waals surface area contributed by atoms with Crippen LogP contribution in [0.3, 0.4) is 0 Å². The first-order chi connectivity index (χ1) is 9.84. The minimum atomic E-state index is -4.40. The Kier molecular flexibility index (Phi) is 4.83. The summed E-state index contributed by atoms with van der Waals surface area (Å²) in [5.41, 5.74) is -0.253. The van der Waals surface area contributed by atoms with E-state index in [0.717, 1.165) is 12.1 Å². The summed E-state index contributed by atoms with van der Waals surface area (Å²) in [6.45, 7) is 2.30. The Balaban J connectivity index is 2.30. The van der Waals surface area contributed by atoms with Crippen molar-refractivity contribution in [3.63, 3.8) is 0 Å². The predicted molar refractivity (Wildman–Crippen MR) is 75.1 cm³/mol. The van der Waals surface area contributed by atoms with E-state index >= 15 is 0 Å². The van der Waals surface area contributed by atoms with Crippen molar-refractivity contribution in [1.82, 2.24) is 5.32 Å². The molecule has 1 aromatic carbocycles. The van der Waals surface area contributed by atoms with Gasteiger partial charge in [0.15, 0.2) is 0 Å². The van der Waals surface area contributed by atoms with Crippen LogP contribution >= 0.6 is 12.6 Å². The molecule has 3 atom stereocenters. The SMILES string of the molecule is CCOC(=O)C1C(S)NCC1c1cccc(C(F)(F)F)c1. The van der Waals surface area contributed by atoms with Gasteiger partial charge in [0.1, 0.15) is 0 Å². The van der Waals surface area contributed by atoms with Crippen LogP contribution in [-0.2, 0) is 15.7 Å². The van der Waals surface area contributed by atoms with Gasteiger partial charge in [-0.15, -0.1) is 0 Å². The number of ether oxygens (including phenoxy) is 1. The van der Waals surface area contributed by atoms with Gasteiger partial charge in [-0.05, 0) is 18.6 Å². The van der Waals surface area contributed by atoms with Gasteiger partial charge in [0, 0.05) is 12.5 Å². The van der Waals surface area contributed by atoms with Crippen LogP contribution < -0.4 is 5.32 Å². The van der Waals surface area contributed by atoms with Crippen molar-refractivity contribution in [2.75, 3.05) is 13.2 Å². The van der Waals surface area contributed by atoms with E-state index in [1.807, 2.05) is 0 Å². The Morgan fingerprint density at radius 3 is 2.81 bits per heavy atom. The first-order valence-corrected chi connectivity index (χ1v) is 7.11. The molecule has 1 aliphatic heterocycles. The quantitative estimate of drug-likeness (QED) is 0.665. The summed E-state index contributed by atoms with van der Waals surface area (Å²) in [4.78, 5) is 12.0. The number of esters is 1. The lowest BCUT2D eigenvalue weighted by atomic mass is 9.88. The fourth-order valence-electron chi connectivity index (χ4n) is 2.52. The van der Waals surface area contributed by atoms with Gasteiger partial charge in [-0.1, -0.05) is 18.2 Å². The molecule has 0 bridgehead atoms. The minimum absolute atomic E-state index is 0.227. The molecule has 1 heterocycles. The maximum absolute atomic E-state index is 12.8. The third-order valence-electron chi connectivity index (χ3n) is 3.52. The van der Waals surface area contributed by atoms with E-state index in [4.69, 9.17) is 4.74 Å². The summed E-state index contributed by atoms with van der Waals surface area (Å²) < 4.78 is 43.4. The van der Waals surface area contributed by atoms with Crippen molar-refractivity contribution in [3.8, 4) is 0 Å². The minimum Gasteiger partial charge on any atom is -0.466 e. The number of thiol groups is 1. The van der Waals surface area contributed by atoms with E-state index in [1.54, 1.807) is 13.0 Å². The van der Waals surface area contributed by atoms with Gasteiger partial charge in [0.05, 0.1) is 23.5 Å². The van der Waals surface area contributed by atoms with E-state index in [9.17, 15) is 18.0 Å². The molecule has 1 aliphatic rings. The van der Waals surface area contributed by atoms with Crippen LogP contribution in [0, 0.1) is 5.92 Å². The number of halogens is 3. The van der Waals surface area contributed by atoms with Gasteiger partial charge < -0.3 is 10.1 Å². The van der Waals surface area contributed by atoms with E-state index in [-0.39, 0.29) is 12.5 Å². The summed E-state index contributed by atoms with van der Waals surface area (Å²) in [5, 5.41) is 2.57. The third-order valence-corrected chi connectivity index (χ3v) is 4.03. The van der Waals surface area contributed by atoms with Crippen LogP contribution in [-0.4, -0.2) is 24.5 Å². The Labute approximate surface area is 126 Å². The number of hydrogen-bond donors (Lipinski definition) is 2. The lowest BCUT2D eigenvalue weighted by Crippen LogP contribution is -2.29. The fraction of sp³-hybridized carbons (Fsp3) is 0.500. The Hall–Kier alpha value is -1.21. The zero-order valence-electron chi connectivity index (χ0n) is 11.4. The number of carbonyl (C=O) groups excluding carboxylic acids is 1. The molecule has 0 aliphatic carbocycles. The van der Waals surface area contributed by atoms with Crippen molar-refractivity contribution >= 4 is 18.6 Å². The van der Waals surface area contributed by atoms with Crippen LogP contribution in [0.15, 0.2) is 24.3 Å².